The SMILES string of the molecule is Cc1cc(F)cc(C(N)c2c(F)cccc2Br)c1. The Morgan fingerprint density at radius 3 is 2.50 bits per heavy atom. The Labute approximate surface area is 113 Å². The van der Waals surface area contributed by atoms with Gasteiger partial charge in [-0.1, -0.05) is 28.1 Å². The van der Waals surface area contributed by atoms with Gasteiger partial charge in [0.1, 0.15) is 11.6 Å². The highest BCUT2D eigenvalue weighted by atomic mass is 79.9. The number of hydrogen-bond acceptors (Lipinski definition) is 1. The third kappa shape index (κ3) is 2.60. The van der Waals surface area contributed by atoms with Crippen LogP contribution in [-0.4, -0.2) is 0 Å². The minimum Gasteiger partial charge on any atom is -0.320 e. The molecule has 0 heterocycles. The summed E-state index contributed by atoms with van der Waals surface area (Å²) in [5.41, 5.74) is 7.67. The first kappa shape index (κ1) is 13.2. The van der Waals surface area contributed by atoms with Crippen LogP contribution in [-0.2, 0) is 0 Å². The first-order valence-corrected chi connectivity index (χ1v) is 6.25. The van der Waals surface area contributed by atoms with E-state index in [0.717, 1.165) is 5.56 Å². The maximum atomic E-state index is 13.8. The molecule has 0 radical (unpaired) electrons. The Balaban J connectivity index is 2.51. The molecule has 2 aromatic rings. The quantitative estimate of drug-likeness (QED) is 0.888. The molecule has 1 unspecified atom stereocenters. The average Bonchev–Trinajstić information content (AvgIpc) is 2.27. The largest absolute Gasteiger partial charge is 0.320 e. The molecule has 4 heteroatoms. The van der Waals surface area contributed by atoms with E-state index in [1.807, 2.05) is 0 Å². The van der Waals surface area contributed by atoms with Gasteiger partial charge in [-0.25, -0.2) is 8.78 Å². The van der Waals surface area contributed by atoms with Crippen molar-refractivity contribution >= 4 is 15.9 Å². The predicted octanol–water partition coefficient (Wildman–Crippen LogP) is 4.08. The van der Waals surface area contributed by atoms with Gasteiger partial charge in [-0.05, 0) is 42.3 Å². The third-order valence-electron chi connectivity index (χ3n) is 2.73. The molecular weight excluding hydrogens is 300 g/mol. The predicted molar refractivity (Wildman–Crippen MR) is 71.3 cm³/mol. The second-order valence-corrected chi connectivity index (χ2v) is 5.03. The molecule has 0 spiro atoms. The topological polar surface area (TPSA) is 26.0 Å². The zero-order valence-corrected chi connectivity index (χ0v) is 11.3. The van der Waals surface area contributed by atoms with E-state index in [2.05, 4.69) is 15.9 Å². The van der Waals surface area contributed by atoms with Crippen molar-refractivity contribution in [1.82, 2.24) is 0 Å². The monoisotopic (exact) mass is 311 g/mol. The molecule has 0 amide bonds. The molecule has 2 aromatic carbocycles. The van der Waals surface area contributed by atoms with Gasteiger partial charge in [0.25, 0.3) is 0 Å². The molecule has 1 nitrogen and oxygen atoms in total. The first-order valence-electron chi connectivity index (χ1n) is 5.45. The van der Waals surface area contributed by atoms with Crippen LogP contribution >= 0.6 is 15.9 Å². The molecule has 0 aliphatic rings. The van der Waals surface area contributed by atoms with Gasteiger partial charge < -0.3 is 5.73 Å². The van der Waals surface area contributed by atoms with E-state index < -0.39 is 11.9 Å². The Morgan fingerprint density at radius 1 is 1.17 bits per heavy atom. The fourth-order valence-corrected chi connectivity index (χ4v) is 2.51. The third-order valence-corrected chi connectivity index (χ3v) is 3.43. The molecule has 1 atom stereocenters. The Hall–Kier alpha value is -1.26. The summed E-state index contributed by atoms with van der Waals surface area (Å²) in [5.74, 6) is -0.772. The molecule has 0 bridgehead atoms. The molecular formula is C14H12BrF2N. The molecule has 2 rings (SSSR count). The number of hydrogen-bond donors (Lipinski definition) is 1. The van der Waals surface area contributed by atoms with Crippen LogP contribution in [0.2, 0.25) is 0 Å². The minimum atomic E-state index is -0.699. The highest BCUT2D eigenvalue weighted by Crippen LogP contribution is 2.29. The van der Waals surface area contributed by atoms with E-state index in [-0.39, 0.29) is 5.82 Å². The van der Waals surface area contributed by atoms with E-state index in [0.29, 0.717) is 15.6 Å². The Morgan fingerprint density at radius 2 is 1.89 bits per heavy atom. The molecule has 2 N–H and O–H groups in total. The van der Waals surface area contributed by atoms with Gasteiger partial charge in [0, 0.05) is 10.0 Å². The number of aryl methyl sites for hydroxylation is 1. The lowest BCUT2D eigenvalue weighted by Gasteiger charge is -2.16. The maximum absolute atomic E-state index is 13.8. The summed E-state index contributed by atoms with van der Waals surface area (Å²) >= 11 is 3.27. The van der Waals surface area contributed by atoms with Gasteiger partial charge in [0.05, 0.1) is 6.04 Å². The van der Waals surface area contributed by atoms with Crippen molar-refractivity contribution < 1.29 is 8.78 Å². The van der Waals surface area contributed by atoms with Crippen molar-refractivity contribution in [2.24, 2.45) is 5.73 Å². The summed E-state index contributed by atoms with van der Waals surface area (Å²) in [6.45, 7) is 1.77. The zero-order valence-electron chi connectivity index (χ0n) is 9.75. The lowest BCUT2D eigenvalue weighted by atomic mass is 9.97. The molecule has 0 aliphatic heterocycles. The van der Waals surface area contributed by atoms with Crippen LogP contribution in [0.3, 0.4) is 0 Å². The van der Waals surface area contributed by atoms with Crippen LogP contribution in [0.15, 0.2) is 40.9 Å². The van der Waals surface area contributed by atoms with Crippen LogP contribution in [0.25, 0.3) is 0 Å². The van der Waals surface area contributed by atoms with Crippen LogP contribution in [0.1, 0.15) is 22.7 Å². The molecule has 0 aromatic heterocycles. The summed E-state index contributed by atoms with van der Waals surface area (Å²) in [7, 11) is 0. The van der Waals surface area contributed by atoms with Crippen molar-refractivity contribution in [2.45, 2.75) is 13.0 Å². The fourth-order valence-electron chi connectivity index (χ4n) is 1.92. The molecule has 18 heavy (non-hydrogen) atoms. The maximum Gasteiger partial charge on any atom is 0.129 e. The van der Waals surface area contributed by atoms with Crippen molar-refractivity contribution in [1.29, 1.82) is 0 Å². The Kier molecular flexibility index (Phi) is 3.78. The lowest BCUT2D eigenvalue weighted by Crippen LogP contribution is -2.15. The van der Waals surface area contributed by atoms with Crippen LogP contribution < -0.4 is 5.73 Å². The van der Waals surface area contributed by atoms with E-state index in [1.54, 1.807) is 25.1 Å². The number of benzene rings is 2. The van der Waals surface area contributed by atoms with Gasteiger partial charge in [-0.2, -0.15) is 0 Å². The van der Waals surface area contributed by atoms with E-state index in [4.69, 9.17) is 5.73 Å². The standard InChI is InChI=1S/C14H12BrF2N/c1-8-5-9(7-10(16)6-8)14(18)13-11(15)3-2-4-12(13)17/h2-7,14H,18H2,1H3. The summed E-state index contributed by atoms with van der Waals surface area (Å²) in [4.78, 5) is 0. The smallest absolute Gasteiger partial charge is 0.129 e. The summed E-state index contributed by atoms with van der Waals surface area (Å²) in [6, 6.07) is 8.44. The van der Waals surface area contributed by atoms with Gasteiger partial charge in [0.2, 0.25) is 0 Å². The van der Waals surface area contributed by atoms with Gasteiger partial charge in [-0.3, -0.25) is 0 Å². The molecule has 0 saturated heterocycles. The second kappa shape index (κ2) is 5.16. The molecule has 94 valence electrons. The van der Waals surface area contributed by atoms with E-state index >= 15 is 0 Å². The van der Waals surface area contributed by atoms with Crippen LogP contribution in [0.4, 0.5) is 8.78 Å². The highest BCUT2D eigenvalue weighted by Gasteiger charge is 2.17. The van der Waals surface area contributed by atoms with Crippen molar-refractivity contribution in [3.63, 3.8) is 0 Å². The molecule has 0 fully saturated rings. The number of nitrogens with two attached hydrogens (primary N) is 1. The Bertz CT molecular complexity index is 544. The lowest BCUT2D eigenvalue weighted by molar-refractivity contribution is 0.593. The summed E-state index contributed by atoms with van der Waals surface area (Å²) in [6.07, 6.45) is 0. The van der Waals surface area contributed by atoms with Crippen LogP contribution in [0, 0.1) is 18.6 Å². The fraction of sp³-hybridized carbons (Fsp3) is 0.143. The average molecular weight is 312 g/mol. The summed E-state index contributed by atoms with van der Waals surface area (Å²) < 4.78 is 27.7. The van der Waals surface area contributed by atoms with Gasteiger partial charge in [0.15, 0.2) is 0 Å². The molecule has 0 aliphatic carbocycles. The highest BCUT2D eigenvalue weighted by molar-refractivity contribution is 9.10. The second-order valence-electron chi connectivity index (χ2n) is 4.17. The number of halogens is 3. The van der Waals surface area contributed by atoms with Gasteiger partial charge in [-0.15, -0.1) is 0 Å². The van der Waals surface area contributed by atoms with Crippen molar-refractivity contribution in [2.75, 3.05) is 0 Å². The zero-order chi connectivity index (χ0) is 13.3. The van der Waals surface area contributed by atoms with Crippen molar-refractivity contribution in [3.05, 3.63) is 69.2 Å². The van der Waals surface area contributed by atoms with Crippen molar-refractivity contribution in [3.8, 4) is 0 Å². The van der Waals surface area contributed by atoms with E-state index in [1.165, 1.54) is 18.2 Å². The number of rotatable bonds is 2. The minimum absolute atomic E-state index is 0.336. The normalized spacial score (nSPS) is 12.5. The van der Waals surface area contributed by atoms with Gasteiger partial charge >= 0.3 is 0 Å². The molecule has 0 saturated carbocycles. The van der Waals surface area contributed by atoms with E-state index in [9.17, 15) is 8.78 Å². The summed E-state index contributed by atoms with van der Waals surface area (Å²) in [5, 5.41) is 0. The van der Waals surface area contributed by atoms with Crippen LogP contribution in [0.5, 0.6) is 0 Å². The first-order chi connectivity index (χ1) is 8.49.